The van der Waals surface area contributed by atoms with Crippen molar-refractivity contribution in [1.29, 1.82) is 0 Å². The molecule has 0 aliphatic rings. The molecule has 0 saturated carbocycles. The summed E-state index contributed by atoms with van der Waals surface area (Å²) in [7, 11) is 0. The molecule has 138 valence electrons. The minimum Gasteiger partial charge on any atom is -0.289 e. The van der Waals surface area contributed by atoms with Crippen LogP contribution in [0.25, 0.3) is 5.65 Å². The van der Waals surface area contributed by atoms with Crippen molar-refractivity contribution in [2.75, 3.05) is 0 Å². The first-order chi connectivity index (χ1) is 13.5. The van der Waals surface area contributed by atoms with E-state index < -0.39 is 11.6 Å². The number of hydrogen-bond acceptors (Lipinski definition) is 2. The summed E-state index contributed by atoms with van der Waals surface area (Å²) >= 11 is 0. The lowest BCUT2D eigenvalue weighted by Gasteiger charge is -2.05. The number of H-pyrrole nitrogens is 1. The first kappa shape index (κ1) is 17.7. The van der Waals surface area contributed by atoms with Gasteiger partial charge >= 0.3 is 0 Å². The molecule has 2 heterocycles. The Morgan fingerprint density at radius 1 is 1.07 bits per heavy atom. The van der Waals surface area contributed by atoms with Crippen LogP contribution < -0.4 is 5.43 Å². The van der Waals surface area contributed by atoms with Crippen LogP contribution in [0.5, 0.6) is 0 Å². The van der Waals surface area contributed by atoms with Crippen LogP contribution in [0.1, 0.15) is 28.1 Å². The number of nitrogens with one attached hydrogen (secondary N) is 1. The van der Waals surface area contributed by atoms with Crippen LogP contribution in [0.4, 0.5) is 8.78 Å². The fraction of sp³-hybridized carbons (Fsp3) is 0.0909. The summed E-state index contributed by atoms with van der Waals surface area (Å²) in [4.78, 5) is 17.0. The number of hydrogen-bond donors (Lipinski definition) is 1. The molecule has 6 heteroatoms. The van der Waals surface area contributed by atoms with Gasteiger partial charge in [0.05, 0.1) is 0 Å². The van der Waals surface area contributed by atoms with Crippen LogP contribution in [-0.2, 0) is 6.42 Å². The molecule has 0 fully saturated rings. The highest BCUT2D eigenvalue weighted by molar-refractivity contribution is 5.50. The smallest absolute Gasteiger partial charge is 0.200 e. The van der Waals surface area contributed by atoms with Crippen LogP contribution in [-0.4, -0.2) is 14.6 Å². The first-order valence-electron chi connectivity index (χ1n) is 8.63. The summed E-state index contributed by atoms with van der Waals surface area (Å²) in [6.07, 6.45) is 1.80. The van der Waals surface area contributed by atoms with Crippen molar-refractivity contribution in [2.45, 2.75) is 13.3 Å². The maximum absolute atomic E-state index is 13.5. The van der Waals surface area contributed by atoms with E-state index in [2.05, 4.69) is 21.9 Å². The number of pyridine rings is 1. The number of fused-ring (bicyclic) bond motifs is 1. The van der Waals surface area contributed by atoms with Gasteiger partial charge in [-0.3, -0.25) is 9.89 Å². The van der Waals surface area contributed by atoms with Gasteiger partial charge in [-0.25, -0.2) is 18.3 Å². The molecule has 4 aromatic rings. The highest BCUT2D eigenvalue weighted by Gasteiger charge is 2.12. The van der Waals surface area contributed by atoms with Crippen molar-refractivity contribution in [1.82, 2.24) is 14.6 Å². The fourth-order valence-electron chi connectivity index (χ4n) is 2.97. The van der Waals surface area contributed by atoms with Crippen molar-refractivity contribution in [2.24, 2.45) is 0 Å². The lowest BCUT2D eigenvalue weighted by molar-refractivity contribution is 0.507. The van der Waals surface area contributed by atoms with Crippen LogP contribution in [0, 0.1) is 30.4 Å². The third-order valence-electron chi connectivity index (χ3n) is 4.40. The first-order valence-corrected chi connectivity index (χ1v) is 8.63. The van der Waals surface area contributed by atoms with Crippen LogP contribution in [0.2, 0.25) is 0 Å². The molecule has 0 radical (unpaired) electrons. The molecule has 0 unspecified atom stereocenters. The Labute approximate surface area is 159 Å². The van der Waals surface area contributed by atoms with Gasteiger partial charge in [0.25, 0.3) is 0 Å². The van der Waals surface area contributed by atoms with Gasteiger partial charge in [-0.05, 0) is 42.7 Å². The summed E-state index contributed by atoms with van der Waals surface area (Å²) in [6, 6.07) is 13.1. The van der Waals surface area contributed by atoms with Crippen molar-refractivity contribution in [3.05, 3.63) is 105 Å². The molecule has 4 rings (SSSR count). The average Bonchev–Trinajstić information content (AvgIpc) is 3.11. The van der Waals surface area contributed by atoms with Crippen LogP contribution in [0.3, 0.4) is 0 Å². The van der Waals surface area contributed by atoms with Gasteiger partial charge in [0.2, 0.25) is 0 Å². The monoisotopic (exact) mass is 375 g/mol. The lowest BCUT2D eigenvalue weighted by Crippen LogP contribution is -2.15. The standard InChI is InChI=1S/C22H15F2N3O/c1-14-21(28)17(11-16-7-9-18(23)19(24)12-16)13-27-22(14)25-20(26-27)10-8-15-5-3-2-4-6-15/h2-7,9,12-13H,11H2,1H3,(H,25,26). The van der Waals surface area contributed by atoms with E-state index in [1.807, 2.05) is 30.3 Å². The highest BCUT2D eigenvalue weighted by Crippen LogP contribution is 2.13. The molecule has 28 heavy (non-hydrogen) atoms. The second-order valence-corrected chi connectivity index (χ2v) is 6.42. The third-order valence-corrected chi connectivity index (χ3v) is 4.40. The number of aryl methyl sites for hydroxylation is 1. The summed E-state index contributed by atoms with van der Waals surface area (Å²) in [5, 5.41) is 3.04. The van der Waals surface area contributed by atoms with Gasteiger partial charge in [-0.2, -0.15) is 0 Å². The van der Waals surface area contributed by atoms with E-state index in [-0.39, 0.29) is 11.8 Å². The van der Waals surface area contributed by atoms with E-state index >= 15 is 0 Å². The normalized spacial score (nSPS) is 10.7. The van der Waals surface area contributed by atoms with Gasteiger partial charge in [-0.1, -0.05) is 30.2 Å². The molecule has 0 saturated heterocycles. The van der Waals surface area contributed by atoms with Gasteiger partial charge in [-0.15, -0.1) is 0 Å². The third kappa shape index (κ3) is 3.42. The molecule has 1 N–H and O–H groups in total. The van der Waals surface area contributed by atoms with E-state index in [1.54, 1.807) is 17.6 Å². The van der Waals surface area contributed by atoms with Crippen molar-refractivity contribution in [3.8, 4) is 11.8 Å². The minimum absolute atomic E-state index is 0.182. The van der Waals surface area contributed by atoms with E-state index in [1.165, 1.54) is 6.07 Å². The lowest BCUT2D eigenvalue weighted by atomic mass is 10.0. The number of aromatic nitrogens is 3. The molecular formula is C22H15F2N3O. The Hall–Kier alpha value is -3.72. The van der Waals surface area contributed by atoms with Crippen LogP contribution in [0.15, 0.2) is 59.5 Å². The van der Waals surface area contributed by atoms with E-state index in [9.17, 15) is 13.6 Å². The number of halogens is 2. The van der Waals surface area contributed by atoms with Crippen molar-refractivity contribution < 1.29 is 8.78 Å². The molecule has 0 aliphatic heterocycles. The number of nitrogens with zero attached hydrogens (tertiary/aromatic N) is 2. The predicted molar refractivity (Wildman–Crippen MR) is 102 cm³/mol. The maximum atomic E-state index is 13.5. The summed E-state index contributed by atoms with van der Waals surface area (Å²) in [6.45, 7) is 1.68. The van der Waals surface area contributed by atoms with Crippen molar-refractivity contribution in [3.63, 3.8) is 0 Å². The Bertz CT molecular complexity index is 1290. The molecule has 4 nitrogen and oxygen atoms in total. The van der Waals surface area contributed by atoms with Gasteiger partial charge in [0.15, 0.2) is 28.5 Å². The van der Waals surface area contributed by atoms with E-state index in [4.69, 9.17) is 0 Å². The zero-order valence-corrected chi connectivity index (χ0v) is 15.0. The van der Waals surface area contributed by atoms with Gasteiger partial charge in [0, 0.05) is 29.3 Å². The molecule has 0 spiro atoms. The Kier molecular flexibility index (Phi) is 4.50. The predicted octanol–water partition coefficient (Wildman–Crippen LogP) is 3.60. The quantitative estimate of drug-likeness (QED) is 0.544. The zero-order valence-electron chi connectivity index (χ0n) is 15.0. The summed E-state index contributed by atoms with van der Waals surface area (Å²) in [5.41, 5.74) is 2.58. The molecular weight excluding hydrogens is 360 g/mol. The fourth-order valence-corrected chi connectivity index (χ4v) is 2.97. The minimum atomic E-state index is -0.935. The molecule has 0 aliphatic carbocycles. The van der Waals surface area contributed by atoms with E-state index in [0.29, 0.717) is 28.2 Å². The number of aromatic amines is 1. The second-order valence-electron chi connectivity index (χ2n) is 6.42. The average molecular weight is 375 g/mol. The van der Waals surface area contributed by atoms with Gasteiger partial charge < -0.3 is 0 Å². The Morgan fingerprint density at radius 3 is 2.61 bits per heavy atom. The number of rotatable bonds is 2. The molecule has 0 bridgehead atoms. The Morgan fingerprint density at radius 2 is 1.86 bits per heavy atom. The highest BCUT2D eigenvalue weighted by atomic mass is 19.2. The summed E-state index contributed by atoms with van der Waals surface area (Å²) in [5.74, 6) is 4.54. The van der Waals surface area contributed by atoms with E-state index in [0.717, 1.165) is 17.7 Å². The topological polar surface area (TPSA) is 50.2 Å². The zero-order chi connectivity index (χ0) is 19.7. The largest absolute Gasteiger partial charge is 0.289 e. The molecule has 0 amide bonds. The SMILES string of the molecule is Cc1c(=O)c(Cc2ccc(F)c(F)c2)cn2[nH]c(C#Cc3ccccc3)nc12. The molecule has 0 atom stereocenters. The van der Waals surface area contributed by atoms with Crippen LogP contribution >= 0.6 is 0 Å². The maximum Gasteiger partial charge on any atom is 0.200 e. The Balaban J connectivity index is 1.72. The molecule has 2 aromatic carbocycles. The number of benzene rings is 2. The van der Waals surface area contributed by atoms with Gasteiger partial charge in [0.1, 0.15) is 0 Å². The second kappa shape index (κ2) is 7.12. The van der Waals surface area contributed by atoms with Crippen molar-refractivity contribution >= 4 is 5.65 Å². The molecule has 2 aromatic heterocycles. The summed E-state index contributed by atoms with van der Waals surface area (Å²) < 4.78 is 28.2.